The van der Waals surface area contributed by atoms with E-state index in [1.165, 1.54) is 22.7 Å². The zero-order valence-corrected chi connectivity index (χ0v) is 18.4. The van der Waals surface area contributed by atoms with Gasteiger partial charge in [-0.1, -0.05) is 25.1 Å². The van der Waals surface area contributed by atoms with Crippen LogP contribution in [0.15, 0.2) is 30.6 Å². The first-order valence-electron chi connectivity index (χ1n) is 10.7. The van der Waals surface area contributed by atoms with Crippen molar-refractivity contribution in [2.45, 2.75) is 26.8 Å². The normalized spacial score (nSPS) is 14.7. The molecule has 4 rings (SSSR count). The van der Waals surface area contributed by atoms with Gasteiger partial charge in [0.05, 0.1) is 17.8 Å². The van der Waals surface area contributed by atoms with Crippen molar-refractivity contribution in [3.8, 4) is 0 Å². The quantitative estimate of drug-likeness (QED) is 0.528. The van der Waals surface area contributed by atoms with Gasteiger partial charge in [0.15, 0.2) is 0 Å². The van der Waals surface area contributed by atoms with Crippen LogP contribution in [0, 0.1) is 12.3 Å². The van der Waals surface area contributed by atoms with Crippen molar-refractivity contribution in [1.29, 1.82) is 5.41 Å². The standard InChI is InChI=1S/C23H30N8/c1-4-18(24)20-21(25)27-14-28-22(20)26-13-17-12-16-7-5-6-15(2)19(16)23(29-17)31-10-8-30(3)9-11-31/h5-7,12,14,24H,4,8-11,13H2,1-3H3,(H3,25,26,27,28). The number of anilines is 3. The van der Waals surface area contributed by atoms with Gasteiger partial charge in [-0.15, -0.1) is 0 Å². The number of nitrogens with one attached hydrogen (secondary N) is 2. The summed E-state index contributed by atoms with van der Waals surface area (Å²) in [5.74, 6) is 1.94. The molecular weight excluding hydrogens is 388 g/mol. The fraction of sp³-hybridized carbons (Fsp3) is 0.391. The minimum Gasteiger partial charge on any atom is -0.383 e. The predicted molar refractivity (Wildman–Crippen MR) is 127 cm³/mol. The molecule has 0 bridgehead atoms. The van der Waals surface area contributed by atoms with E-state index < -0.39 is 0 Å². The van der Waals surface area contributed by atoms with Gasteiger partial charge in [0.1, 0.15) is 23.8 Å². The van der Waals surface area contributed by atoms with Crippen molar-refractivity contribution in [3.05, 3.63) is 47.4 Å². The number of nitrogens with zero attached hydrogens (tertiary/aromatic N) is 5. The number of hydrogen-bond donors (Lipinski definition) is 3. The molecule has 0 spiro atoms. The lowest BCUT2D eigenvalue weighted by molar-refractivity contribution is 0.312. The molecule has 1 aromatic carbocycles. The van der Waals surface area contributed by atoms with Gasteiger partial charge >= 0.3 is 0 Å². The highest BCUT2D eigenvalue weighted by Gasteiger charge is 2.20. The Balaban J connectivity index is 1.68. The summed E-state index contributed by atoms with van der Waals surface area (Å²) in [5, 5.41) is 14.0. The summed E-state index contributed by atoms with van der Waals surface area (Å²) >= 11 is 0. The number of pyridine rings is 1. The first-order valence-corrected chi connectivity index (χ1v) is 10.7. The molecule has 0 atom stereocenters. The molecule has 1 fully saturated rings. The molecule has 8 heteroatoms. The summed E-state index contributed by atoms with van der Waals surface area (Å²) < 4.78 is 0. The number of fused-ring (bicyclic) bond motifs is 1. The molecule has 8 nitrogen and oxygen atoms in total. The summed E-state index contributed by atoms with van der Waals surface area (Å²) in [7, 11) is 2.16. The van der Waals surface area contributed by atoms with E-state index in [4.69, 9.17) is 16.1 Å². The van der Waals surface area contributed by atoms with E-state index >= 15 is 0 Å². The third-order valence-corrected chi connectivity index (χ3v) is 5.87. The van der Waals surface area contributed by atoms with Crippen LogP contribution < -0.4 is 16.0 Å². The highest BCUT2D eigenvalue weighted by atomic mass is 15.3. The van der Waals surface area contributed by atoms with Crippen LogP contribution >= 0.6 is 0 Å². The monoisotopic (exact) mass is 418 g/mol. The molecule has 2 aromatic heterocycles. The third-order valence-electron chi connectivity index (χ3n) is 5.87. The molecule has 0 saturated carbocycles. The molecule has 0 amide bonds. The molecule has 0 radical (unpaired) electrons. The number of nitrogens with two attached hydrogens (primary N) is 1. The number of rotatable bonds is 6. The highest BCUT2D eigenvalue weighted by Crippen LogP contribution is 2.30. The maximum atomic E-state index is 8.23. The second-order valence-corrected chi connectivity index (χ2v) is 8.07. The van der Waals surface area contributed by atoms with Crippen molar-refractivity contribution >= 4 is 33.9 Å². The number of hydrogen-bond acceptors (Lipinski definition) is 8. The minimum absolute atomic E-state index is 0.324. The topological polar surface area (TPSA) is 107 Å². The van der Waals surface area contributed by atoms with Gasteiger partial charge in [-0.05, 0) is 37.4 Å². The van der Waals surface area contributed by atoms with Crippen LogP contribution in [-0.2, 0) is 6.54 Å². The zero-order chi connectivity index (χ0) is 22.0. The minimum atomic E-state index is 0.324. The van der Waals surface area contributed by atoms with Gasteiger partial charge < -0.3 is 26.3 Å². The van der Waals surface area contributed by atoms with Crippen LogP contribution in [0.25, 0.3) is 10.8 Å². The fourth-order valence-corrected chi connectivity index (χ4v) is 4.04. The first kappa shape index (κ1) is 21.0. The molecule has 0 aliphatic carbocycles. The molecule has 1 saturated heterocycles. The predicted octanol–water partition coefficient (Wildman–Crippen LogP) is 3.06. The Kier molecular flexibility index (Phi) is 5.99. The molecule has 162 valence electrons. The number of aryl methyl sites for hydroxylation is 1. The van der Waals surface area contributed by atoms with Gasteiger partial charge in [0, 0.05) is 37.3 Å². The summed E-state index contributed by atoms with van der Waals surface area (Å²) in [5.41, 5.74) is 9.19. The van der Waals surface area contributed by atoms with Crippen LogP contribution in [0.4, 0.5) is 17.5 Å². The van der Waals surface area contributed by atoms with Crippen molar-refractivity contribution in [3.63, 3.8) is 0 Å². The van der Waals surface area contributed by atoms with Crippen molar-refractivity contribution < 1.29 is 0 Å². The maximum absolute atomic E-state index is 8.23. The number of piperazine rings is 1. The van der Waals surface area contributed by atoms with E-state index in [2.05, 4.69) is 63.3 Å². The number of aromatic nitrogens is 3. The first-order chi connectivity index (χ1) is 15.0. The van der Waals surface area contributed by atoms with Gasteiger partial charge in [-0.25, -0.2) is 15.0 Å². The van der Waals surface area contributed by atoms with Crippen LogP contribution in [0.2, 0.25) is 0 Å². The molecule has 3 heterocycles. The largest absolute Gasteiger partial charge is 0.383 e. The Hall–Kier alpha value is -3.26. The van der Waals surface area contributed by atoms with Crippen LogP contribution in [0.5, 0.6) is 0 Å². The van der Waals surface area contributed by atoms with Gasteiger partial charge in [0.25, 0.3) is 0 Å². The average molecular weight is 419 g/mol. The van der Waals surface area contributed by atoms with Gasteiger partial charge in [-0.3, -0.25) is 0 Å². The van der Waals surface area contributed by atoms with Gasteiger partial charge in [0.2, 0.25) is 0 Å². The lowest BCUT2D eigenvalue weighted by atomic mass is 10.0. The molecule has 4 N–H and O–H groups in total. The Morgan fingerprint density at radius 2 is 1.97 bits per heavy atom. The fourth-order valence-electron chi connectivity index (χ4n) is 4.04. The summed E-state index contributed by atoms with van der Waals surface area (Å²) in [6, 6.07) is 8.51. The maximum Gasteiger partial charge on any atom is 0.140 e. The Morgan fingerprint density at radius 3 is 2.71 bits per heavy atom. The highest BCUT2D eigenvalue weighted by molar-refractivity contribution is 6.05. The van der Waals surface area contributed by atoms with Crippen LogP contribution in [0.3, 0.4) is 0 Å². The van der Waals surface area contributed by atoms with E-state index in [9.17, 15) is 0 Å². The summed E-state index contributed by atoms with van der Waals surface area (Å²) in [4.78, 5) is 18.2. The number of benzene rings is 1. The van der Waals surface area contributed by atoms with E-state index in [-0.39, 0.29) is 0 Å². The second-order valence-electron chi connectivity index (χ2n) is 8.07. The summed E-state index contributed by atoms with van der Waals surface area (Å²) in [6.07, 6.45) is 1.99. The lowest BCUT2D eigenvalue weighted by Gasteiger charge is -2.34. The van der Waals surface area contributed by atoms with Crippen molar-refractivity contribution in [2.24, 2.45) is 0 Å². The van der Waals surface area contributed by atoms with E-state index in [1.807, 2.05) is 6.92 Å². The van der Waals surface area contributed by atoms with Gasteiger partial charge in [-0.2, -0.15) is 0 Å². The van der Waals surface area contributed by atoms with Crippen molar-refractivity contribution in [2.75, 3.05) is 49.2 Å². The zero-order valence-electron chi connectivity index (χ0n) is 18.4. The molecule has 31 heavy (non-hydrogen) atoms. The van der Waals surface area contributed by atoms with E-state index in [0.717, 1.165) is 37.7 Å². The molecule has 3 aromatic rings. The SMILES string of the molecule is CCC(=N)c1c(N)ncnc1NCc1cc2cccc(C)c2c(N2CCN(C)CC2)n1. The molecule has 0 unspecified atom stereocenters. The Labute approximate surface area is 183 Å². The van der Waals surface area contributed by atoms with E-state index in [0.29, 0.717) is 35.9 Å². The lowest BCUT2D eigenvalue weighted by Crippen LogP contribution is -2.45. The number of nitrogen functional groups attached to an aromatic ring is 1. The van der Waals surface area contributed by atoms with Crippen molar-refractivity contribution in [1.82, 2.24) is 19.9 Å². The molecular formula is C23H30N8. The van der Waals surface area contributed by atoms with E-state index in [1.54, 1.807) is 0 Å². The molecule has 1 aliphatic heterocycles. The van der Waals surface area contributed by atoms with Crippen LogP contribution in [-0.4, -0.2) is 58.8 Å². The number of likely N-dealkylation sites (N-methyl/N-ethyl adjacent to an activating group) is 1. The smallest absolute Gasteiger partial charge is 0.140 e. The average Bonchev–Trinajstić information content (AvgIpc) is 2.77. The Morgan fingerprint density at radius 1 is 1.19 bits per heavy atom. The Bertz CT molecular complexity index is 1100. The summed E-state index contributed by atoms with van der Waals surface area (Å²) in [6.45, 7) is 8.54. The third kappa shape index (κ3) is 4.29. The second kappa shape index (κ2) is 8.85. The van der Waals surface area contributed by atoms with Crippen LogP contribution in [0.1, 0.15) is 30.2 Å². The molecule has 1 aliphatic rings.